The van der Waals surface area contributed by atoms with Crippen molar-refractivity contribution in [3.63, 3.8) is 0 Å². The number of carbonyl (C=O) groups is 1. The van der Waals surface area contributed by atoms with E-state index in [9.17, 15) is 13.2 Å². The molecular formula is C18H21ClN2O3S2. The van der Waals surface area contributed by atoms with Crippen LogP contribution < -0.4 is 5.32 Å². The molecule has 0 unspecified atom stereocenters. The number of thiophene rings is 1. The predicted octanol–water partition coefficient (Wildman–Crippen LogP) is 3.44. The topological polar surface area (TPSA) is 66.5 Å². The lowest BCUT2D eigenvalue weighted by atomic mass is 10.1. The summed E-state index contributed by atoms with van der Waals surface area (Å²) >= 11 is 7.31. The number of amides is 1. The van der Waals surface area contributed by atoms with E-state index >= 15 is 0 Å². The molecule has 2 heterocycles. The highest BCUT2D eigenvalue weighted by molar-refractivity contribution is 7.89. The fourth-order valence-corrected chi connectivity index (χ4v) is 5.43. The third kappa shape index (κ3) is 4.85. The van der Waals surface area contributed by atoms with Gasteiger partial charge < -0.3 is 5.32 Å². The Labute approximate surface area is 163 Å². The van der Waals surface area contributed by atoms with Gasteiger partial charge in [-0.2, -0.15) is 4.31 Å². The van der Waals surface area contributed by atoms with E-state index in [4.69, 9.17) is 11.6 Å². The van der Waals surface area contributed by atoms with E-state index < -0.39 is 10.0 Å². The van der Waals surface area contributed by atoms with Gasteiger partial charge in [0.05, 0.1) is 15.8 Å². The smallest absolute Gasteiger partial charge is 0.243 e. The standard InChI is InChI=1S/C18H21ClN2O3S2/c19-17-9-6-15(25-17)13-20-18(22)10-5-14-3-7-16(8-4-14)26(23,24)21-11-1-2-12-21/h3-4,6-9H,1-2,5,10-13H2,(H,20,22). The lowest BCUT2D eigenvalue weighted by Gasteiger charge is -2.15. The number of carbonyl (C=O) groups excluding carboxylic acids is 1. The molecule has 1 aromatic carbocycles. The number of hydrogen-bond acceptors (Lipinski definition) is 4. The van der Waals surface area contributed by atoms with Crippen molar-refractivity contribution in [3.8, 4) is 0 Å². The molecule has 0 saturated carbocycles. The highest BCUT2D eigenvalue weighted by Gasteiger charge is 2.26. The second kappa shape index (κ2) is 8.52. The number of hydrogen-bond donors (Lipinski definition) is 1. The lowest BCUT2D eigenvalue weighted by Crippen LogP contribution is -2.27. The first-order valence-electron chi connectivity index (χ1n) is 8.55. The summed E-state index contributed by atoms with van der Waals surface area (Å²) in [6.07, 6.45) is 2.77. The van der Waals surface area contributed by atoms with Crippen molar-refractivity contribution in [2.75, 3.05) is 13.1 Å². The van der Waals surface area contributed by atoms with E-state index in [1.54, 1.807) is 24.3 Å². The maximum absolute atomic E-state index is 12.5. The summed E-state index contributed by atoms with van der Waals surface area (Å²) < 4.78 is 27.2. The van der Waals surface area contributed by atoms with Gasteiger partial charge >= 0.3 is 0 Å². The Balaban J connectivity index is 1.50. The fourth-order valence-electron chi connectivity index (χ4n) is 2.88. The van der Waals surface area contributed by atoms with Gasteiger partial charge in [0.2, 0.25) is 15.9 Å². The number of rotatable bonds is 7. The molecule has 0 spiro atoms. The van der Waals surface area contributed by atoms with Crippen molar-refractivity contribution in [1.82, 2.24) is 9.62 Å². The zero-order chi connectivity index (χ0) is 18.6. The number of benzene rings is 1. The molecule has 0 radical (unpaired) electrons. The van der Waals surface area contributed by atoms with Crippen LogP contribution in [0.5, 0.6) is 0 Å². The molecule has 1 aromatic heterocycles. The summed E-state index contributed by atoms with van der Waals surface area (Å²) in [5.41, 5.74) is 0.944. The second-order valence-corrected chi connectivity index (χ2v) is 9.98. The van der Waals surface area contributed by atoms with E-state index in [1.807, 2.05) is 12.1 Å². The van der Waals surface area contributed by atoms with E-state index in [-0.39, 0.29) is 5.91 Å². The van der Waals surface area contributed by atoms with Gasteiger partial charge in [0.25, 0.3) is 0 Å². The van der Waals surface area contributed by atoms with Crippen LogP contribution in [0.15, 0.2) is 41.3 Å². The Morgan fingerprint density at radius 3 is 2.42 bits per heavy atom. The molecule has 1 aliphatic rings. The first-order chi connectivity index (χ1) is 12.4. The van der Waals surface area contributed by atoms with Crippen molar-refractivity contribution < 1.29 is 13.2 Å². The zero-order valence-corrected chi connectivity index (χ0v) is 16.7. The summed E-state index contributed by atoms with van der Waals surface area (Å²) in [6, 6.07) is 10.5. The molecule has 3 rings (SSSR count). The minimum atomic E-state index is -3.38. The van der Waals surface area contributed by atoms with Gasteiger partial charge in [0.15, 0.2) is 0 Å². The molecule has 1 aliphatic heterocycles. The molecule has 0 aliphatic carbocycles. The molecule has 1 fully saturated rings. The van der Waals surface area contributed by atoms with Crippen molar-refractivity contribution in [1.29, 1.82) is 0 Å². The molecule has 0 atom stereocenters. The molecule has 1 saturated heterocycles. The van der Waals surface area contributed by atoms with Gasteiger partial charge in [-0.3, -0.25) is 4.79 Å². The largest absolute Gasteiger partial charge is 0.351 e. The third-order valence-electron chi connectivity index (χ3n) is 4.36. The molecule has 2 aromatic rings. The molecule has 8 heteroatoms. The van der Waals surface area contributed by atoms with Crippen LogP contribution in [0.2, 0.25) is 4.34 Å². The number of sulfonamides is 1. The van der Waals surface area contributed by atoms with E-state index in [1.165, 1.54) is 15.6 Å². The van der Waals surface area contributed by atoms with Gasteiger partial charge in [0, 0.05) is 24.4 Å². The van der Waals surface area contributed by atoms with Gasteiger partial charge in [-0.1, -0.05) is 23.7 Å². The summed E-state index contributed by atoms with van der Waals surface area (Å²) in [5.74, 6) is -0.0386. The maximum Gasteiger partial charge on any atom is 0.243 e. The van der Waals surface area contributed by atoms with E-state index in [2.05, 4.69) is 5.32 Å². The predicted molar refractivity (Wildman–Crippen MR) is 104 cm³/mol. The first kappa shape index (κ1) is 19.4. The minimum absolute atomic E-state index is 0.0386. The molecule has 1 N–H and O–H groups in total. The Hall–Kier alpha value is -1.41. The molecular weight excluding hydrogens is 392 g/mol. The van der Waals surface area contributed by atoms with Crippen LogP contribution in [0.1, 0.15) is 29.7 Å². The minimum Gasteiger partial charge on any atom is -0.351 e. The monoisotopic (exact) mass is 412 g/mol. The molecule has 140 valence electrons. The Bertz CT molecular complexity index is 857. The highest BCUT2D eigenvalue weighted by atomic mass is 35.5. The first-order valence-corrected chi connectivity index (χ1v) is 11.2. The molecule has 0 bridgehead atoms. The van der Waals surface area contributed by atoms with E-state index in [0.29, 0.717) is 41.7 Å². The second-order valence-electron chi connectivity index (χ2n) is 6.24. The summed E-state index contributed by atoms with van der Waals surface area (Å²) in [4.78, 5) is 13.3. The number of nitrogens with one attached hydrogen (secondary N) is 1. The summed E-state index contributed by atoms with van der Waals surface area (Å²) in [5, 5.41) is 2.87. The average Bonchev–Trinajstić information content (AvgIpc) is 3.30. The van der Waals surface area contributed by atoms with Crippen molar-refractivity contribution in [3.05, 3.63) is 51.2 Å². The van der Waals surface area contributed by atoms with Crippen LogP contribution in [-0.4, -0.2) is 31.7 Å². The Morgan fingerprint density at radius 1 is 1.12 bits per heavy atom. The van der Waals surface area contributed by atoms with Gasteiger partial charge in [0.1, 0.15) is 0 Å². The number of aryl methyl sites for hydroxylation is 1. The Kier molecular flexibility index (Phi) is 6.34. The molecule has 5 nitrogen and oxygen atoms in total. The highest BCUT2D eigenvalue weighted by Crippen LogP contribution is 2.22. The quantitative estimate of drug-likeness (QED) is 0.757. The fraction of sp³-hybridized carbons (Fsp3) is 0.389. The van der Waals surface area contributed by atoms with Crippen LogP contribution in [-0.2, 0) is 27.8 Å². The zero-order valence-electron chi connectivity index (χ0n) is 14.3. The van der Waals surface area contributed by atoms with Crippen LogP contribution in [0.25, 0.3) is 0 Å². The van der Waals surface area contributed by atoms with E-state index in [0.717, 1.165) is 23.3 Å². The third-order valence-corrected chi connectivity index (χ3v) is 7.50. The van der Waals surface area contributed by atoms with Crippen LogP contribution in [0, 0.1) is 0 Å². The van der Waals surface area contributed by atoms with Crippen molar-refractivity contribution in [2.45, 2.75) is 37.1 Å². The maximum atomic E-state index is 12.5. The lowest BCUT2D eigenvalue weighted by molar-refractivity contribution is -0.121. The van der Waals surface area contributed by atoms with Gasteiger partial charge in [-0.05, 0) is 49.1 Å². The normalized spacial score (nSPS) is 15.3. The van der Waals surface area contributed by atoms with Crippen molar-refractivity contribution in [2.24, 2.45) is 0 Å². The SMILES string of the molecule is O=C(CCc1ccc(S(=O)(=O)N2CCCC2)cc1)NCc1ccc(Cl)s1. The average molecular weight is 413 g/mol. The van der Waals surface area contributed by atoms with Gasteiger partial charge in [-0.15, -0.1) is 11.3 Å². The van der Waals surface area contributed by atoms with Crippen LogP contribution >= 0.6 is 22.9 Å². The van der Waals surface area contributed by atoms with Crippen LogP contribution in [0.4, 0.5) is 0 Å². The van der Waals surface area contributed by atoms with Crippen LogP contribution in [0.3, 0.4) is 0 Å². The summed E-state index contributed by atoms with van der Waals surface area (Å²) in [7, 11) is -3.38. The number of halogens is 1. The molecule has 1 amide bonds. The van der Waals surface area contributed by atoms with Gasteiger partial charge in [-0.25, -0.2) is 8.42 Å². The summed E-state index contributed by atoms with van der Waals surface area (Å²) in [6.45, 7) is 1.67. The van der Waals surface area contributed by atoms with Crippen molar-refractivity contribution >= 4 is 38.9 Å². The molecule has 26 heavy (non-hydrogen) atoms. The number of nitrogens with zero attached hydrogens (tertiary/aromatic N) is 1. The Morgan fingerprint density at radius 2 is 1.81 bits per heavy atom.